The Kier molecular flexibility index (Phi) is 4.90. The van der Waals surface area contributed by atoms with Crippen LogP contribution in [-0.2, 0) is 13.0 Å². The number of rotatable bonds is 5. The van der Waals surface area contributed by atoms with Crippen LogP contribution in [0.1, 0.15) is 40.9 Å². The van der Waals surface area contributed by atoms with E-state index in [1.165, 1.54) is 0 Å². The molecule has 1 unspecified atom stereocenters. The average Bonchev–Trinajstić information content (AvgIpc) is 2.98. The number of benzene rings is 2. The molecule has 1 heterocycles. The van der Waals surface area contributed by atoms with E-state index in [0.717, 1.165) is 29.0 Å². The van der Waals surface area contributed by atoms with Gasteiger partial charge in [0.25, 0.3) is 5.91 Å². The van der Waals surface area contributed by atoms with Crippen LogP contribution >= 0.6 is 0 Å². The molecule has 0 fully saturated rings. The van der Waals surface area contributed by atoms with Crippen molar-refractivity contribution in [1.82, 2.24) is 5.32 Å². The maximum Gasteiger partial charge on any atom is 0.251 e. The maximum atomic E-state index is 12.3. The second-order valence-electron chi connectivity index (χ2n) is 6.01. The second-order valence-corrected chi connectivity index (χ2v) is 6.01. The zero-order valence-electron chi connectivity index (χ0n) is 14.3. The molecule has 1 aliphatic rings. The number of nitriles is 1. The van der Waals surface area contributed by atoms with Gasteiger partial charge in [0.2, 0.25) is 0 Å². The fraction of sp³-hybridized carbons (Fsp3) is 0.300. The van der Waals surface area contributed by atoms with Gasteiger partial charge in [-0.2, -0.15) is 5.26 Å². The van der Waals surface area contributed by atoms with E-state index in [0.29, 0.717) is 24.3 Å². The number of fused-ring (bicyclic) bond motifs is 1. The van der Waals surface area contributed by atoms with Crippen molar-refractivity contribution in [2.45, 2.75) is 32.9 Å². The van der Waals surface area contributed by atoms with Crippen LogP contribution in [0.2, 0.25) is 0 Å². The van der Waals surface area contributed by atoms with Gasteiger partial charge in [0, 0.05) is 29.7 Å². The number of carbonyl (C=O) groups is 1. The Morgan fingerprint density at radius 1 is 1.40 bits per heavy atom. The van der Waals surface area contributed by atoms with E-state index < -0.39 is 0 Å². The topological polar surface area (TPSA) is 71.3 Å². The molecule has 1 aliphatic heterocycles. The van der Waals surface area contributed by atoms with Crippen molar-refractivity contribution in [1.29, 1.82) is 5.26 Å². The van der Waals surface area contributed by atoms with Crippen molar-refractivity contribution in [2.75, 3.05) is 6.61 Å². The quantitative estimate of drug-likeness (QED) is 0.910. The highest BCUT2D eigenvalue weighted by atomic mass is 16.5. The Morgan fingerprint density at radius 3 is 3.00 bits per heavy atom. The van der Waals surface area contributed by atoms with Crippen LogP contribution in [0.5, 0.6) is 11.5 Å². The van der Waals surface area contributed by atoms with Crippen LogP contribution in [-0.4, -0.2) is 18.6 Å². The minimum Gasteiger partial charge on any atom is -0.494 e. The Morgan fingerprint density at radius 2 is 2.24 bits per heavy atom. The minimum absolute atomic E-state index is 0.156. The van der Waals surface area contributed by atoms with E-state index in [1.54, 1.807) is 24.3 Å². The standard InChI is InChI=1S/C20H20N2O3/c1-3-24-18-9-16-7-13(2)25-19(16)10-17(18)12-22-20(23)15-6-4-5-14(8-15)11-21/h4-6,8-10,13H,3,7,12H2,1-2H3,(H,22,23). The summed E-state index contributed by atoms with van der Waals surface area (Å²) in [5.74, 6) is 1.39. The number of hydrogen-bond donors (Lipinski definition) is 1. The van der Waals surface area contributed by atoms with Crippen molar-refractivity contribution in [3.8, 4) is 17.6 Å². The fourth-order valence-corrected chi connectivity index (χ4v) is 2.92. The molecule has 3 rings (SSSR count). The molecule has 25 heavy (non-hydrogen) atoms. The van der Waals surface area contributed by atoms with Gasteiger partial charge < -0.3 is 14.8 Å². The third-order valence-electron chi connectivity index (χ3n) is 4.07. The number of carbonyl (C=O) groups excluding carboxylic acids is 1. The van der Waals surface area contributed by atoms with Gasteiger partial charge in [0.15, 0.2) is 0 Å². The number of hydrogen-bond acceptors (Lipinski definition) is 4. The summed E-state index contributed by atoms with van der Waals surface area (Å²) in [5.41, 5.74) is 2.93. The van der Waals surface area contributed by atoms with Gasteiger partial charge in [-0.05, 0) is 44.2 Å². The summed E-state index contributed by atoms with van der Waals surface area (Å²) in [6, 6.07) is 12.6. The minimum atomic E-state index is -0.227. The molecule has 0 saturated heterocycles. The molecule has 5 nitrogen and oxygen atoms in total. The van der Waals surface area contributed by atoms with Crippen LogP contribution in [0.15, 0.2) is 36.4 Å². The van der Waals surface area contributed by atoms with Crippen molar-refractivity contribution >= 4 is 5.91 Å². The first kappa shape index (κ1) is 16.8. The number of amides is 1. The van der Waals surface area contributed by atoms with Crippen LogP contribution in [0, 0.1) is 11.3 Å². The Hall–Kier alpha value is -3.00. The molecule has 0 saturated carbocycles. The molecule has 2 aromatic rings. The fourth-order valence-electron chi connectivity index (χ4n) is 2.92. The summed E-state index contributed by atoms with van der Waals surface area (Å²) >= 11 is 0. The largest absolute Gasteiger partial charge is 0.494 e. The van der Waals surface area contributed by atoms with Gasteiger partial charge in [-0.25, -0.2) is 0 Å². The zero-order chi connectivity index (χ0) is 17.8. The van der Waals surface area contributed by atoms with Crippen LogP contribution in [0.25, 0.3) is 0 Å². The molecule has 1 amide bonds. The Bertz CT molecular complexity index is 839. The zero-order valence-corrected chi connectivity index (χ0v) is 14.3. The maximum absolute atomic E-state index is 12.3. The van der Waals surface area contributed by atoms with E-state index in [1.807, 2.05) is 32.0 Å². The van der Waals surface area contributed by atoms with Crippen LogP contribution in [0.3, 0.4) is 0 Å². The summed E-state index contributed by atoms with van der Waals surface area (Å²) < 4.78 is 11.5. The Labute approximate surface area is 147 Å². The summed E-state index contributed by atoms with van der Waals surface area (Å²) in [6.07, 6.45) is 1.02. The smallest absolute Gasteiger partial charge is 0.251 e. The third-order valence-corrected chi connectivity index (χ3v) is 4.07. The first-order valence-electron chi connectivity index (χ1n) is 8.34. The lowest BCUT2D eigenvalue weighted by molar-refractivity contribution is 0.0950. The highest BCUT2D eigenvalue weighted by molar-refractivity contribution is 5.94. The molecule has 0 aromatic heterocycles. The van der Waals surface area contributed by atoms with Gasteiger partial charge in [-0.15, -0.1) is 0 Å². The summed E-state index contributed by atoms with van der Waals surface area (Å²) in [5, 5.41) is 11.8. The molecule has 1 N–H and O–H groups in total. The third kappa shape index (κ3) is 3.74. The van der Waals surface area contributed by atoms with E-state index in [2.05, 4.69) is 5.32 Å². The molecule has 0 spiro atoms. The predicted molar refractivity (Wildman–Crippen MR) is 93.7 cm³/mol. The molecule has 128 valence electrons. The lowest BCUT2D eigenvalue weighted by atomic mass is 10.1. The second kappa shape index (κ2) is 7.27. The number of nitrogens with zero attached hydrogens (tertiary/aromatic N) is 1. The number of ether oxygens (including phenoxy) is 2. The highest BCUT2D eigenvalue weighted by Gasteiger charge is 2.22. The normalized spacial score (nSPS) is 15.0. The van der Waals surface area contributed by atoms with Crippen molar-refractivity contribution < 1.29 is 14.3 Å². The van der Waals surface area contributed by atoms with Crippen molar-refractivity contribution in [3.63, 3.8) is 0 Å². The van der Waals surface area contributed by atoms with Gasteiger partial charge in [0.1, 0.15) is 17.6 Å². The molecule has 0 bridgehead atoms. The van der Waals surface area contributed by atoms with Gasteiger partial charge in [-0.3, -0.25) is 4.79 Å². The predicted octanol–water partition coefficient (Wildman–Crippen LogP) is 3.21. The summed E-state index contributed by atoms with van der Waals surface area (Å²) in [6.45, 7) is 4.85. The first-order chi connectivity index (χ1) is 12.1. The van der Waals surface area contributed by atoms with E-state index in [-0.39, 0.29) is 12.0 Å². The molecule has 2 aromatic carbocycles. The van der Waals surface area contributed by atoms with Crippen LogP contribution in [0.4, 0.5) is 0 Å². The average molecular weight is 336 g/mol. The van der Waals surface area contributed by atoms with Crippen molar-refractivity contribution in [2.24, 2.45) is 0 Å². The summed E-state index contributed by atoms with van der Waals surface area (Å²) in [4.78, 5) is 12.3. The molecule has 0 aliphatic carbocycles. The summed E-state index contributed by atoms with van der Waals surface area (Å²) in [7, 11) is 0. The highest BCUT2D eigenvalue weighted by Crippen LogP contribution is 2.35. The number of nitrogens with one attached hydrogen (secondary N) is 1. The van der Waals surface area contributed by atoms with E-state index in [4.69, 9.17) is 14.7 Å². The SMILES string of the molecule is CCOc1cc2c(cc1CNC(=O)c1cccc(C#N)c1)OC(C)C2. The van der Waals surface area contributed by atoms with E-state index in [9.17, 15) is 4.79 Å². The lowest BCUT2D eigenvalue weighted by Gasteiger charge is -2.13. The Balaban J connectivity index is 1.77. The lowest BCUT2D eigenvalue weighted by Crippen LogP contribution is -2.23. The first-order valence-corrected chi connectivity index (χ1v) is 8.34. The monoisotopic (exact) mass is 336 g/mol. The van der Waals surface area contributed by atoms with E-state index >= 15 is 0 Å². The molecule has 5 heteroatoms. The molecular weight excluding hydrogens is 316 g/mol. The van der Waals surface area contributed by atoms with Crippen molar-refractivity contribution in [3.05, 3.63) is 58.7 Å². The molecule has 1 atom stereocenters. The van der Waals surface area contributed by atoms with Gasteiger partial charge >= 0.3 is 0 Å². The van der Waals surface area contributed by atoms with Gasteiger partial charge in [-0.1, -0.05) is 6.07 Å². The molecular formula is C20H20N2O3. The van der Waals surface area contributed by atoms with Crippen LogP contribution < -0.4 is 14.8 Å². The molecule has 0 radical (unpaired) electrons. The van der Waals surface area contributed by atoms with Gasteiger partial charge in [0.05, 0.1) is 18.2 Å².